The van der Waals surface area contributed by atoms with Crippen LogP contribution in [0.1, 0.15) is 241 Å². The van der Waals surface area contributed by atoms with Gasteiger partial charge in [-0.1, -0.05) is 140 Å². The van der Waals surface area contributed by atoms with Crippen LogP contribution < -0.4 is 0 Å². The van der Waals surface area contributed by atoms with Crippen molar-refractivity contribution in [2.45, 2.75) is 229 Å². The Morgan fingerprint density at radius 2 is 1.18 bits per heavy atom. The van der Waals surface area contributed by atoms with Gasteiger partial charge in [0.25, 0.3) is 0 Å². The highest BCUT2D eigenvalue weighted by molar-refractivity contribution is 9.10. The van der Waals surface area contributed by atoms with Crippen molar-refractivity contribution in [3.05, 3.63) is 134 Å². The molecule has 478 valence electrons. The maximum absolute atomic E-state index is 14.6. The molecule has 14 heteroatoms. The number of benzene rings is 4. The number of halogens is 3. The van der Waals surface area contributed by atoms with Crippen LogP contribution in [0.3, 0.4) is 0 Å². The minimum Gasteiger partial charge on any atom is -0.465 e. The highest BCUT2D eigenvalue weighted by Crippen LogP contribution is 2.49. The minimum atomic E-state index is -0.932. The standard InChI is InChI=1S/C31H36FNO4.C30H33BrFNO4.C6H14.C3H8.C2H6.CH4O/c1-30(2,3)37-29(35)31(4)17-21-15-22(32)12-14-23(21)27-26(19-9-7-6-8-10-19)24-13-11-20(28(34)36-5)16-25(24)33(27)18-31;1-30(2,3)37-29(35)22(14-21-15-23(32)11-13-26(21)31)17-33-18-25(19-8-6-5-7-9-19)24-12-10-20(16-27(24)33)28(34)36-4;1-3-5-6-4-2;1-3-2;2*1-2/h11-16,19H,6-10,17-18H2,1-5H3;10-16,18-19H,5-9,17H2,1-4H3;3-6H2,1-2H3;3H2,1-2H3;1-2H3;2H,1H3/b;22-14+;;;;. The molecule has 0 saturated heterocycles. The molecular weight excluding hydrogens is 1170 g/mol. The van der Waals surface area contributed by atoms with Crippen molar-refractivity contribution in [3.8, 4) is 11.3 Å². The van der Waals surface area contributed by atoms with E-state index in [0.29, 0.717) is 51.5 Å². The van der Waals surface area contributed by atoms with Gasteiger partial charge in [0.05, 0.1) is 48.6 Å². The van der Waals surface area contributed by atoms with E-state index >= 15 is 0 Å². The topological polar surface area (TPSA) is 135 Å². The zero-order chi connectivity index (χ0) is 64.8. The fraction of sp³-hybridized carbons (Fsp3) is 0.534. The normalized spacial score (nSPS) is 16.0. The first kappa shape index (κ1) is 73.4. The molecule has 9 rings (SSSR count). The van der Waals surface area contributed by atoms with E-state index in [2.05, 4.69) is 54.4 Å². The Labute approximate surface area is 527 Å². The number of carbonyl (C=O) groups is 4. The van der Waals surface area contributed by atoms with Crippen molar-refractivity contribution in [2.24, 2.45) is 5.41 Å². The molecule has 1 unspecified atom stereocenters. The first-order valence-corrected chi connectivity index (χ1v) is 32.5. The second kappa shape index (κ2) is 34.6. The number of carbonyl (C=O) groups excluding carboxylic acids is 4. The number of hydrogen-bond acceptors (Lipinski definition) is 9. The van der Waals surface area contributed by atoms with Crippen molar-refractivity contribution < 1.29 is 52.0 Å². The molecule has 2 aromatic heterocycles. The Balaban J connectivity index is 0.000000311. The van der Waals surface area contributed by atoms with Crippen LogP contribution in [0, 0.1) is 17.0 Å². The van der Waals surface area contributed by atoms with Crippen LogP contribution in [0.25, 0.3) is 39.1 Å². The third-order valence-electron chi connectivity index (χ3n) is 15.5. The summed E-state index contributed by atoms with van der Waals surface area (Å²) in [5.74, 6) is -1.54. The number of rotatable bonds is 12. The van der Waals surface area contributed by atoms with Crippen molar-refractivity contribution in [3.63, 3.8) is 0 Å². The molecule has 3 heterocycles. The van der Waals surface area contributed by atoms with Gasteiger partial charge in [-0.3, -0.25) is 4.79 Å². The number of aliphatic hydroxyl groups excluding tert-OH is 1. The molecule has 2 saturated carbocycles. The van der Waals surface area contributed by atoms with Gasteiger partial charge in [0.2, 0.25) is 0 Å². The van der Waals surface area contributed by atoms with Gasteiger partial charge in [-0.2, -0.15) is 0 Å². The predicted octanol–water partition coefficient (Wildman–Crippen LogP) is 19.6. The van der Waals surface area contributed by atoms with Gasteiger partial charge in [0.15, 0.2) is 0 Å². The molecule has 2 fully saturated rings. The molecule has 0 spiro atoms. The molecule has 2 aliphatic carbocycles. The molecule has 4 aromatic carbocycles. The molecular formula is C73H101BrF2N2O9. The summed E-state index contributed by atoms with van der Waals surface area (Å²) in [7, 11) is 3.74. The quantitative estimate of drug-likeness (QED) is 0.0550. The number of ether oxygens (including phenoxy) is 4. The number of aliphatic hydroxyl groups is 1. The molecule has 87 heavy (non-hydrogen) atoms. The van der Waals surface area contributed by atoms with Crippen LogP contribution in [0.5, 0.6) is 0 Å². The lowest BCUT2D eigenvalue weighted by atomic mass is 9.80. The Kier molecular flexibility index (Phi) is 29.2. The SMILES string of the molecule is CC.CCC.CCCCCC.CO.COC(=O)c1ccc2c(C3CCCCC3)c3n(c2c1)CC(C)(C(=O)OC(C)(C)C)Cc1cc(F)ccc1-3.COC(=O)c1ccc2c(C3CCCCC3)cn(C/C(=C\c3cc(F)ccc3Br)C(=O)OC(C)(C)C)c2c1. The summed E-state index contributed by atoms with van der Waals surface area (Å²) < 4.78 is 55.1. The van der Waals surface area contributed by atoms with Gasteiger partial charge in [-0.15, -0.1) is 0 Å². The second-order valence-corrected chi connectivity index (χ2v) is 25.8. The number of aromatic nitrogens is 2. The Bertz CT molecular complexity index is 3240. The Morgan fingerprint density at radius 1 is 0.678 bits per heavy atom. The van der Waals surface area contributed by atoms with Crippen LogP contribution in [0.2, 0.25) is 0 Å². The fourth-order valence-corrected chi connectivity index (χ4v) is 12.0. The highest BCUT2D eigenvalue weighted by atomic mass is 79.9. The molecule has 6 aromatic rings. The lowest BCUT2D eigenvalue weighted by Crippen LogP contribution is -2.39. The molecule has 0 bridgehead atoms. The third-order valence-corrected chi connectivity index (χ3v) is 16.2. The van der Waals surface area contributed by atoms with Crippen LogP contribution in [0.4, 0.5) is 8.78 Å². The summed E-state index contributed by atoms with van der Waals surface area (Å²) in [6, 6.07) is 20.6. The van der Waals surface area contributed by atoms with Gasteiger partial charge in [0.1, 0.15) is 22.8 Å². The number of esters is 4. The van der Waals surface area contributed by atoms with Crippen LogP contribution in [-0.2, 0) is 48.0 Å². The molecule has 1 aliphatic heterocycles. The first-order chi connectivity index (χ1) is 41.4. The van der Waals surface area contributed by atoms with E-state index in [9.17, 15) is 28.0 Å². The maximum atomic E-state index is 14.6. The van der Waals surface area contributed by atoms with E-state index in [1.807, 2.05) is 103 Å². The summed E-state index contributed by atoms with van der Waals surface area (Å²) in [6.45, 7) is 26.2. The summed E-state index contributed by atoms with van der Waals surface area (Å²) in [5.41, 5.74) is 6.54. The lowest BCUT2D eigenvalue weighted by molar-refractivity contribution is -0.167. The zero-order valence-electron chi connectivity index (χ0n) is 55.2. The van der Waals surface area contributed by atoms with Gasteiger partial charge < -0.3 is 33.2 Å². The van der Waals surface area contributed by atoms with Crippen molar-refractivity contribution in [2.75, 3.05) is 21.3 Å². The van der Waals surface area contributed by atoms with E-state index in [1.165, 1.54) is 114 Å². The smallest absolute Gasteiger partial charge is 0.337 e. The van der Waals surface area contributed by atoms with Crippen molar-refractivity contribution in [1.82, 2.24) is 9.13 Å². The van der Waals surface area contributed by atoms with Crippen molar-refractivity contribution in [1.29, 1.82) is 0 Å². The summed E-state index contributed by atoms with van der Waals surface area (Å²) >= 11 is 3.46. The van der Waals surface area contributed by atoms with Crippen LogP contribution in [0.15, 0.2) is 89.0 Å². The van der Waals surface area contributed by atoms with Gasteiger partial charge in [-0.25, -0.2) is 23.2 Å². The molecule has 0 amide bonds. The van der Waals surface area contributed by atoms with Gasteiger partial charge in [0, 0.05) is 51.7 Å². The molecule has 0 radical (unpaired) electrons. The predicted molar refractivity (Wildman–Crippen MR) is 354 cm³/mol. The van der Waals surface area contributed by atoms with E-state index < -0.39 is 40.3 Å². The van der Waals surface area contributed by atoms with Crippen LogP contribution in [-0.4, -0.2) is 70.6 Å². The maximum Gasteiger partial charge on any atom is 0.337 e. The molecule has 11 nitrogen and oxygen atoms in total. The zero-order valence-corrected chi connectivity index (χ0v) is 56.8. The van der Waals surface area contributed by atoms with E-state index in [0.717, 1.165) is 71.4 Å². The second-order valence-electron chi connectivity index (χ2n) is 25.0. The van der Waals surface area contributed by atoms with E-state index in [4.69, 9.17) is 24.1 Å². The summed E-state index contributed by atoms with van der Waals surface area (Å²) in [4.78, 5) is 51.8. The van der Waals surface area contributed by atoms with E-state index in [1.54, 1.807) is 24.3 Å². The Hall–Kier alpha value is -6.12. The number of hydrogen-bond donors (Lipinski definition) is 1. The van der Waals surface area contributed by atoms with Crippen molar-refractivity contribution >= 4 is 67.7 Å². The highest BCUT2D eigenvalue weighted by Gasteiger charge is 2.43. The fourth-order valence-electron chi connectivity index (χ4n) is 11.6. The molecule has 1 N–H and O–H groups in total. The molecule has 1 atom stereocenters. The lowest BCUT2D eigenvalue weighted by Gasteiger charge is -2.31. The molecule has 3 aliphatic rings. The summed E-state index contributed by atoms with van der Waals surface area (Å²) in [6.07, 6.45) is 22.5. The number of methoxy groups -OCH3 is 2. The van der Waals surface area contributed by atoms with Crippen LogP contribution >= 0.6 is 15.9 Å². The number of fused-ring (bicyclic) bond motifs is 6. The largest absolute Gasteiger partial charge is 0.465 e. The minimum absolute atomic E-state index is 0.200. The average molecular weight is 1270 g/mol. The summed E-state index contributed by atoms with van der Waals surface area (Å²) in [5, 5.41) is 9.15. The number of unbranched alkanes of at least 4 members (excludes halogenated alkanes) is 3. The monoisotopic (exact) mass is 1270 g/mol. The van der Waals surface area contributed by atoms with Gasteiger partial charge >= 0.3 is 23.9 Å². The first-order valence-electron chi connectivity index (χ1n) is 31.7. The third kappa shape index (κ3) is 20.2. The number of nitrogens with zero attached hydrogens (tertiary/aromatic N) is 2. The van der Waals surface area contributed by atoms with E-state index in [-0.39, 0.29) is 18.3 Å². The average Bonchev–Trinajstić information content (AvgIpc) is 1.60. The Morgan fingerprint density at radius 3 is 1.71 bits per heavy atom. The van der Waals surface area contributed by atoms with Gasteiger partial charge in [-0.05, 0) is 181 Å².